The highest BCUT2D eigenvalue weighted by Crippen LogP contribution is 2.18. The summed E-state index contributed by atoms with van der Waals surface area (Å²) in [5.74, 6) is -1.04. The molecule has 6 heteroatoms. The fourth-order valence-electron chi connectivity index (χ4n) is 1.52. The van der Waals surface area contributed by atoms with E-state index >= 15 is 0 Å². The van der Waals surface area contributed by atoms with E-state index in [1.165, 1.54) is 24.3 Å². The minimum atomic E-state index is -1.10. The Hall–Kier alpha value is -2.24. The first-order valence-corrected chi connectivity index (χ1v) is 6.10. The third kappa shape index (κ3) is 4.87. The maximum atomic E-state index is 11.9. The van der Waals surface area contributed by atoms with Crippen molar-refractivity contribution in [2.24, 2.45) is 0 Å². The molecule has 0 saturated carbocycles. The summed E-state index contributed by atoms with van der Waals surface area (Å²) in [6.07, 6.45) is 1.78. The van der Waals surface area contributed by atoms with Crippen molar-refractivity contribution in [3.05, 3.63) is 24.3 Å². The van der Waals surface area contributed by atoms with Gasteiger partial charge in [-0.2, -0.15) is 0 Å². The lowest BCUT2D eigenvalue weighted by Crippen LogP contribution is -2.43. The van der Waals surface area contributed by atoms with E-state index < -0.39 is 18.5 Å². The quantitative estimate of drug-likeness (QED) is 0.685. The predicted octanol–water partition coefficient (Wildman–Crippen LogP) is 1.79. The smallest absolute Gasteiger partial charge is 0.323 e. The molecule has 0 aliphatic rings. The average molecular weight is 266 g/mol. The number of aliphatic carboxylic acids is 1. The number of carbonyl (C=O) groups excluding carboxylic acids is 1. The van der Waals surface area contributed by atoms with Crippen LogP contribution in [-0.4, -0.2) is 35.3 Å². The molecule has 0 atom stereocenters. The van der Waals surface area contributed by atoms with Gasteiger partial charge in [-0.25, -0.2) is 4.79 Å². The summed E-state index contributed by atoms with van der Waals surface area (Å²) >= 11 is 0. The summed E-state index contributed by atoms with van der Waals surface area (Å²) in [6.45, 7) is 2.08. The van der Waals surface area contributed by atoms with Crippen LogP contribution in [0.1, 0.15) is 19.8 Å². The Balaban J connectivity index is 2.79. The molecule has 2 amide bonds. The van der Waals surface area contributed by atoms with Gasteiger partial charge in [-0.3, -0.25) is 9.69 Å². The van der Waals surface area contributed by atoms with Crippen molar-refractivity contribution in [3.63, 3.8) is 0 Å². The van der Waals surface area contributed by atoms with Crippen LogP contribution in [0.4, 0.5) is 10.5 Å². The third-order valence-corrected chi connectivity index (χ3v) is 2.51. The fraction of sp³-hybridized carbons (Fsp3) is 0.385. The van der Waals surface area contributed by atoms with Gasteiger partial charge in [0.1, 0.15) is 12.3 Å². The van der Waals surface area contributed by atoms with E-state index in [0.29, 0.717) is 12.2 Å². The first-order valence-electron chi connectivity index (χ1n) is 6.10. The molecule has 0 aliphatic carbocycles. The normalized spacial score (nSPS) is 9.95. The zero-order valence-electron chi connectivity index (χ0n) is 10.8. The molecular formula is C13H18N2O4. The van der Waals surface area contributed by atoms with Gasteiger partial charge >= 0.3 is 12.0 Å². The molecule has 104 valence electrons. The maximum Gasteiger partial charge on any atom is 0.323 e. The SMILES string of the molecule is CCCCNC(=O)N(CC(=O)O)c1ccc(O)cc1. The van der Waals surface area contributed by atoms with Crippen molar-refractivity contribution >= 4 is 17.7 Å². The molecule has 0 spiro atoms. The fourth-order valence-corrected chi connectivity index (χ4v) is 1.52. The van der Waals surface area contributed by atoms with Crippen LogP contribution < -0.4 is 10.2 Å². The highest BCUT2D eigenvalue weighted by atomic mass is 16.4. The number of nitrogens with one attached hydrogen (secondary N) is 1. The van der Waals surface area contributed by atoms with Crippen LogP contribution in [0.25, 0.3) is 0 Å². The van der Waals surface area contributed by atoms with Gasteiger partial charge in [-0.05, 0) is 30.7 Å². The van der Waals surface area contributed by atoms with E-state index in [0.717, 1.165) is 17.7 Å². The zero-order valence-corrected chi connectivity index (χ0v) is 10.8. The van der Waals surface area contributed by atoms with E-state index in [1.54, 1.807) is 0 Å². The molecule has 0 heterocycles. The van der Waals surface area contributed by atoms with Crippen LogP contribution in [-0.2, 0) is 4.79 Å². The number of carbonyl (C=O) groups is 2. The molecule has 0 radical (unpaired) electrons. The van der Waals surface area contributed by atoms with Crippen molar-refractivity contribution in [1.82, 2.24) is 5.32 Å². The Morgan fingerprint density at radius 2 is 1.89 bits per heavy atom. The van der Waals surface area contributed by atoms with Gasteiger partial charge in [-0.1, -0.05) is 13.3 Å². The molecule has 6 nitrogen and oxygen atoms in total. The number of carboxylic acid groups (broad SMARTS) is 1. The van der Waals surface area contributed by atoms with Crippen LogP contribution in [0.5, 0.6) is 5.75 Å². The van der Waals surface area contributed by atoms with Crippen molar-refractivity contribution in [1.29, 1.82) is 0 Å². The highest BCUT2D eigenvalue weighted by molar-refractivity contribution is 5.96. The first kappa shape index (κ1) is 14.8. The molecule has 0 bridgehead atoms. The van der Waals surface area contributed by atoms with Crippen LogP contribution in [0, 0.1) is 0 Å². The number of hydrogen-bond donors (Lipinski definition) is 3. The van der Waals surface area contributed by atoms with E-state index in [2.05, 4.69) is 5.32 Å². The summed E-state index contributed by atoms with van der Waals surface area (Å²) < 4.78 is 0. The van der Waals surface area contributed by atoms with E-state index in [-0.39, 0.29) is 5.75 Å². The molecular weight excluding hydrogens is 248 g/mol. The number of unbranched alkanes of at least 4 members (excludes halogenated alkanes) is 1. The number of phenolic OH excluding ortho intramolecular Hbond substituents is 1. The van der Waals surface area contributed by atoms with Gasteiger partial charge in [0.2, 0.25) is 0 Å². The van der Waals surface area contributed by atoms with Gasteiger partial charge in [0, 0.05) is 12.2 Å². The Labute approximate surface area is 111 Å². The lowest BCUT2D eigenvalue weighted by molar-refractivity contribution is -0.135. The molecule has 1 aromatic rings. The summed E-state index contributed by atoms with van der Waals surface area (Å²) in [5, 5.41) is 20.7. The first-order chi connectivity index (χ1) is 9.04. The number of hydrogen-bond acceptors (Lipinski definition) is 3. The largest absolute Gasteiger partial charge is 0.508 e. The lowest BCUT2D eigenvalue weighted by atomic mass is 10.2. The molecule has 0 fully saturated rings. The predicted molar refractivity (Wildman–Crippen MR) is 71.4 cm³/mol. The molecule has 0 unspecified atom stereocenters. The number of anilines is 1. The van der Waals surface area contributed by atoms with Crippen LogP contribution in [0.15, 0.2) is 24.3 Å². The third-order valence-electron chi connectivity index (χ3n) is 2.51. The van der Waals surface area contributed by atoms with E-state index in [4.69, 9.17) is 5.11 Å². The Morgan fingerprint density at radius 1 is 1.26 bits per heavy atom. The molecule has 0 aromatic heterocycles. The summed E-state index contributed by atoms with van der Waals surface area (Å²) in [4.78, 5) is 23.9. The van der Waals surface area contributed by atoms with Crippen molar-refractivity contribution in [3.8, 4) is 5.75 Å². The number of phenols is 1. The Bertz CT molecular complexity index is 431. The molecule has 1 aromatic carbocycles. The molecule has 0 saturated heterocycles. The molecule has 0 aliphatic heterocycles. The lowest BCUT2D eigenvalue weighted by Gasteiger charge is -2.21. The van der Waals surface area contributed by atoms with Gasteiger partial charge in [0.25, 0.3) is 0 Å². The molecule has 19 heavy (non-hydrogen) atoms. The minimum absolute atomic E-state index is 0.0606. The minimum Gasteiger partial charge on any atom is -0.508 e. The number of carboxylic acids is 1. The van der Waals surface area contributed by atoms with E-state index in [9.17, 15) is 14.7 Å². The van der Waals surface area contributed by atoms with Gasteiger partial charge in [0.15, 0.2) is 0 Å². The van der Waals surface area contributed by atoms with Gasteiger partial charge in [-0.15, -0.1) is 0 Å². The molecule has 3 N–H and O–H groups in total. The van der Waals surface area contributed by atoms with Gasteiger partial charge < -0.3 is 15.5 Å². The van der Waals surface area contributed by atoms with Gasteiger partial charge in [0.05, 0.1) is 0 Å². The zero-order chi connectivity index (χ0) is 14.3. The van der Waals surface area contributed by atoms with Crippen molar-refractivity contribution in [2.45, 2.75) is 19.8 Å². The standard InChI is InChI=1S/C13H18N2O4/c1-2-3-8-14-13(19)15(9-12(17)18)10-4-6-11(16)7-5-10/h4-7,16H,2-3,8-9H2,1H3,(H,14,19)(H,17,18). The monoisotopic (exact) mass is 266 g/mol. The second-order valence-electron chi connectivity index (χ2n) is 4.08. The average Bonchev–Trinajstić information content (AvgIpc) is 2.37. The van der Waals surface area contributed by atoms with Crippen LogP contribution in [0.3, 0.4) is 0 Å². The number of benzene rings is 1. The van der Waals surface area contributed by atoms with Crippen LogP contribution in [0.2, 0.25) is 0 Å². The van der Waals surface area contributed by atoms with Crippen molar-refractivity contribution in [2.75, 3.05) is 18.0 Å². The number of amides is 2. The topological polar surface area (TPSA) is 89.9 Å². The van der Waals surface area contributed by atoms with Crippen molar-refractivity contribution < 1.29 is 19.8 Å². The summed E-state index contributed by atoms with van der Waals surface area (Å²) in [5.41, 5.74) is 0.425. The van der Waals surface area contributed by atoms with E-state index in [1.807, 2.05) is 6.92 Å². The number of nitrogens with zero attached hydrogens (tertiary/aromatic N) is 1. The molecule has 1 rings (SSSR count). The maximum absolute atomic E-state index is 11.9. The number of urea groups is 1. The summed E-state index contributed by atoms with van der Waals surface area (Å²) in [6, 6.07) is 5.35. The second kappa shape index (κ2) is 7.25. The highest BCUT2D eigenvalue weighted by Gasteiger charge is 2.18. The second-order valence-corrected chi connectivity index (χ2v) is 4.08. The Kier molecular flexibility index (Phi) is 5.66. The van der Waals surface area contributed by atoms with Crippen LogP contribution >= 0.6 is 0 Å². The Morgan fingerprint density at radius 3 is 2.42 bits per heavy atom. The number of rotatable bonds is 6. The summed E-state index contributed by atoms with van der Waals surface area (Å²) in [7, 11) is 0. The number of aromatic hydroxyl groups is 1.